The van der Waals surface area contributed by atoms with Gasteiger partial charge in [-0.15, -0.1) is 0 Å². The summed E-state index contributed by atoms with van der Waals surface area (Å²) in [6.07, 6.45) is 4.55. The smallest absolute Gasteiger partial charge is 0.328 e. The number of carbonyl (C=O) groups is 2. The first kappa shape index (κ1) is 27.0. The lowest BCUT2D eigenvalue weighted by atomic mass is 9.98. The fourth-order valence-corrected chi connectivity index (χ4v) is 4.04. The van der Waals surface area contributed by atoms with Gasteiger partial charge in [-0.05, 0) is 48.7 Å². The van der Waals surface area contributed by atoms with E-state index >= 15 is 0 Å². The molecular weight excluding hydrogens is 480 g/mol. The van der Waals surface area contributed by atoms with Crippen molar-refractivity contribution < 1.29 is 18.0 Å². The molecule has 9 nitrogen and oxygen atoms in total. The van der Waals surface area contributed by atoms with Crippen molar-refractivity contribution in [2.24, 2.45) is 0 Å². The minimum absolute atomic E-state index is 0.0114. The summed E-state index contributed by atoms with van der Waals surface area (Å²) >= 11 is 5.71. The predicted octanol–water partition coefficient (Wildman–Crippen LogP) is 3.74. The summed E-state index contributed by atoms with van der Waals surface area (Å²) in [5, 5.41) is 3.54. The summed E-state index contributed by atoms with van der Waals surface area (Å²) in [5.41, 5.74) is 1.24. The number of halogens is 1. The van der Waals surface area contributed by atoms with Crippen LogP contribution in [0.4, 0.5) is 4.79 Å². The molecule has 1 atom stereocenters. The molecule has 1 aromatic heterocycles. The highest BCUT2D eigenvalue weighted by Crippen LogP contribution is 2.19. The van der Waals surface area contributed by atoms with Gasteiger partial charge in [-0.1, -0.05) is 44.0 Å². The number of urea groups is 1. The van der Waals surface area contributed by atoms with Crippen LogP contribution in [-0.4, -0.2) is 37.2 Å². The zero-order valence-electron chi connectivity index (χ0n) is 18.9. The quantitative estimate of drug-likeness (QED) is 0.314. The molecule has 0 radical (unpaired) electrons. The SMILES string of the molecule is CCCCNC(=O)NS(=O)(=O)c1ccc(C(C=O)CC)cc1.O=c1[nH]cnc2ccc(Cl)cc12. The zero-order chi connectivity index (χ0) is 25.1. The van der Waals surface area contributed by atoms with Crippen molar-refractivity contribution in [3.05, 3.63) is 69.7 Å². The van der Waals surface area contributed by atoms with E-state index in [4.69, 9.17) is 11.6 Å². The van der Waals surface area contributed by atoms with Crippen LogP contribution in [0.15, 0.2) is 58.5 Å². The molecule has 2 amide bonds. The third-order valence-electron chi connectivity index (χ3n) is 4.87. The van der Waals surface area contributed by atoms with Crippen molar-refractivity contribution in [1.82, 2.24) is 20.0 Å². The molecule has 0 saturated heterocycles. The van der Waals surface area contributed by atoms with Crippen LogP contribution in [0.5, 0.6) is 0 Å². The Morgan fingerprint density at radius 3 is 2.50 bits per heavy atom. The van der Waals surface area contributed by atoms with Crippen molar-refractivity contribution in [2.75, 3.05) is 6.54 Å². The number of hydrogen-bond acceptors (Lipinski definition) is 6. The van der Waals surface area contributed by atoms with E-state index in [1.165, 1.54) is 18.5 Å². The second-order valence-electron chi connectivity index (χ2n) is 7.33. The molecular formula is C23H27ClN4O5S. The van der Waals surface area contributed by atoms with Crippen molar-refractivity contribution in [1.29, 1.82) is 0 Å². The number of aldehydes is 1. The maximum atomic E-state index is 12.1. The number of unbranched alkanes of at least 4 members (excludes halogenated alkanes) is 1. The molecule has 182 valence electrons. The van der Waals surface area contributed by atoms with Gasteiger partial charge in [-0.25, -0.2) is 22.9 Å². The van der Waals surface area contributed by atoms with Crippen molar-refractivity contribution in [3.63, 3.8) is 0 Å². The molecule has 0 bridgehead atoms. The standard InChI is InChI=1S/C15H22N2O4S.C8H5ClN2O/c1-3-5-10-16-15(19)17-22(20,21)14-8-6-13(7-9-14)12(4-2)11-18;9-5-1-2-7-6(3-5)8(12)11-4-10-7/h6-9,11-12H,3-5,10H2,1-2H3,(H2,16,17,19);1-4H,(H,10,11,12). The van der Waals surface area contributed by atoms with Gasteiger partial charge in [-0.3, -0.25) is 4.79 Å². The molecule has 0 aliphatic carbocycles. The molecule has 1 unspecified atom stereocenters. The monoisotopic (exact) mass is 506 g/mol. The number of hydrogen-bond donors (Lipinski definition) is 3. The van der Waals surface area contributed by atoms with Crippen LogP contribution in [-0.2, 0) is 14.8 Å². The highest BCUT2D eigenvalue weighted by Gasteiger charge is 2.18. The average molecular weight is 507 g/mol. The number of benzene rings is 2. The largest absolute Gasteiger partial charge is 0.337 e. The van der Waals surface area contributed by atoms with Crippen LogP contribution < -0.4 is 15.6 Å². The van der Waals surface area contributed by atoms with Crippen LogP contribution in [0.2, 0.25) is 5.02 Å². The number of H-pyrrole nitrogens is 1. The molecule has 0 aliphatic heterocycles. The molecule has 11 heteroatoms. The van der Waals surface area contributed by atoms with E-state index < -0.39 is 16.1 Å². The first-order valence-corrected chi connectivity index (χ1v) is 12.6. The molecule has 3 N–H and O–H groups in total. The number of sulfonamides is 1. The summed E-state index contributed by atoms with van der Waals surface area (Å²) in [6.45, 7) is 4.28. The van der Waals surface area contributed by atoms with Gasteiger partial charge in [0.2, 0.25) is 0 Å². The third-order valence-corrected chi connectivity index (χ3v) is 6.45. The van der Waals surface area contributed by atoms with Gasteiger partial charge in [-0.2, -0.15) is 0 Å². The number of nitrogens with one attached hydrogen (secondary N) is 3. The zero-order valence-corrected chi connectivity index (χ0v) is 20.4. The lowest BCUT2D eigenvalue weighted by molar-refractivity contribution is -0.109. The van der Waals surface area contributed by atoms with Crippen LogP contribution in [0.3, 0.4) is 0 Å². The van der Waals surface area contributed by atoms with E-state index in [0.29, 0.717) is 28.9 Å². The second kappa shape index (κ2) is 12.9. The maximum Gasteiger partial charge on any atom is 0.328 e. The van der Waals surface area contributed by atoms with Gasteiger partial charge in [0.15, 0.2) is 0 Å². The number of rotatable bonds is 8. The first-order chi connectivity index (χ1) is 16.2. The van der Waals surface area contributed by atoms with E-state index in [2.05, 4.69) is 15.3 Å². The molecule has 2 aromatic carbocycles. The highest BCUT2D eigenvalue weighted by atomic mass is 35.5. The molecule has 34 heavy (non-hydrogen) atoms. The fraction of sp³-hybridized carbons (Fsp3) is 0.304. The topological polar surface area (TPSA) is 138 Å². The predicted molar refractivity (Wildman–Crippen MR) is 132 cm³/mol. The van der Waals surface area contributed by atoms with E-state index in [9.17, 15) is 22.8 Å². The Morgan fingerprint density at radius 1 is 1.18 bits per heavy atom. The normalized spacial score (nSPS) is 11.7. The van der Waals surface area contributed by atoms with Crippen LogP contribution >= 0.6 is 11.6 Å². The van der Waals surface area contributed by atoms with Crippen LogP contribution in [0, 0.1) is 0 Å². The van der Waals surface area contributed by atoms with Crippen molar-refractivity contribution in [2.45, 2.75) is 43.9 Å². The summed E-state index contributed by atoms with van der Waals surface area (Å²) in [5.74, 6) is -0.248. The Morgan fingerprint density at radius 2 is 1.88 bits per heavy atom. The summed E-state index contributed by atoms with van der Waals surface area (Å²) in [4.78, 5) is 40.0. The molecule has 3 rings (SSSR count). The lowest BCUT2D eigenvalue weighted by Gasteiger charge is -2.10. The van der Waals surface area contributed by atoms with Gasteiger partial charge in [0.1, 0.15) is 6.29 Å². The number of carbonyl (C=O) groups excluding carboxylic acids is 2. The number of fused-ring (bicyclic) bond motifs is 1. The summed E-state index contributed by atoms with van der Waals surface area (Å²) < 4.78 is 26.1. The Bertz CT molecular complexity index is 1280. The minimum Gasteiger partial charge on any atom is -0.337 e. The first-order valence-electron chi connectivity index (χ1n) is 10.7. The Balaban J connectivity index is 0.000000283. The summed E-state index contributed by atoms with van der Waals surface area (Å²) in [7, 11) is -3.90. The molecule has 0 saturated carbocycles. The van der Waals surface area contributed by atoms with Gasteiger partial charge < -0.3 is 15.1 Å². The van der Waals surface area contributed by atoms with Crippen LogP contribution in [0.1, 0.15) is 44.6 Å². The van der Waals surface area contributed by atoms with Gasteiger partial charge in [0.25, 0.3) is 15.6 Å². The molecule has 0 fully saturated rings. The molecule has 0 spiro atoms. The Hall–Kier alpha value is -3.24. The fourth-order valence-electron chi connectivity index (χ4n) is 2.94. The van der Waals surface area contributed by atoms with E-state index in [1.807, 2.05) is 18.6 Å². The Kier molecular flexibility index (Phi) is 10.2. The van der Waals surface area contributed by atoms with Crippen LogP contribution in [0.25, 0.3) is 10.9 Å². The van der Waals surface area contributed by atoms with E-state index in [0.717, 1.165) is 24.7 Å². The van der Waals surface area contributed by atoms with Gasteiger partial charge in [0, 0.05) is 17.5 Å². The average Bonchev–Trinajstić information content (AvgIpc) is 2.81. The van der Waals surface area contributed by atoms with Crippen molar-refractivity contribution in [3.8, 4) is 0 Å². The molecule has 3 aromatic rings. The number of amides is 2. The highest BCUT2D eigenvalue weighted by molar-refractivity contribution is 7.90. The molecule has 1 heterocycles. The Labute approximate surface area is 203 Å². The molecule has 0 aliphatic rings. The van der Waals surface area contributed by atoms with Crippen molar-refractivity contribution >= 4 is 44.8 Å². The van der Waals surface area contributed by atoms with E-state index in [-0.39, 0.29) is 16.4 Å². The summed E-state index contributed by atoms with van der Waals surface area (Å²) in [6, 6.07) is 10.2. The number of aromatic amines is 1. The van der Waals surface area contributed by atoms with Gasteiger partial charge >= 0.3 is 6.03 Å². The minimum atomic E-state index is -3.90. The second-order valence-corrected chi connectivity index (χ2v) is 9.45. The number of aromatic nitrogens is 2. The maximum absolute atomic E-state index is 12.1. The number of nitrogens with zero attached hydrogens (tertiary/aromatic N) is 1. The van der Waals surface area contributed by atoms with E-state index in [1.54, 1.807) is 30.3 Å². The van der Waals surface area contributed by atoms with Gasteiger partial charge in [0.05, 0.1) is 22.1 Å². The third kappa shape index (κ3) is 7.67. The lowest BCUT2D eigenvalue weighted by Crippen LogP contribution is -2.39.